The molecule has 12 aromatic carbocycles. The minimum atomic E-state index is 1.13. The van der Waals surface area contributed by atoms with Gasteiger partial charge in [-0.25, -0.2) is 0 Å². The number of rotatable bonds is 5. The first-order valence-electron chi connectivity index (χ1n) is 21.3. The number of anilines is 3. The van der Waals surface area contributed by atoms with Crippen molar-refractivity contribution in [3.63, 3.8) is 0 Å². The zero-order valence-electron chi connectivity index (χ0n) is 33.7. The number of hydrogen-bond acceptors (Lipinski definition) is 2. The van der Waals surface area contributed by atoms with E-state index in [2.05, 4.69) is 229 Å². The van der Waals surface area contributed by atoms with Gasteiger partial charge >= 0.3 is 0 Å². The minimum absolute atomic E-state index is 1.13. The average Bonchev–Trinajstić information content (AvgIpc) is 3.72. The first-order valence-corrected chi connectivity index (χ1v) is 22.1. The van der Waals surface area contributed by atoms with Gasteiger partial charge in [0.05, 0.1) is 11.4 Å². The Bertz CT molecular complexity index is 3860. The molecular weight excluding hydrogens is 767 g/mol. The summed E-state index contributed by atoms with van der Waals surface area (Å²) < 4.78 is 2.66. The highest BCUT2D eigenvalue weighted by molar-refractivity contribution is 7.26. The van der Waals surface area contributed by atoms with Crippen molar-refractivity contribution >= 4 is 113 Å². The summed E-state index contributed by atoms with van der Waals surface area (Å²) in [5.41, 5.74) is 8.52. The Morgan fingerprint density at radius 1 is 0.290 bits per heavy atom. The van der Waals surface area contributed by atoms with Gasteiger partial charge in [-0.1, -0.05) is 176 Å². The van der Waals surface area contributed by atoms with E-state index in [1.807, 2.05) is 11.3 Å². The number of fused-ring (bicyclic) bond motifs is 9. The van der Waals surface area contributed by atoms with Gasteiger partial charge in [-0.3, -0.25) is 0 Å². The van der Waals surface area contributed by atoms with Crippen molar-refractivity contribution < 1.29 is 0 Å². The summed E-state index contributed by atoms with van der Waals surface area (Å²) in [6, 6.07) is 83.1. The van der Waals surface area contributed by atoms with Gasteiger partial charge in [0, 0.05) is 42.2 Å². The van der Waals surface area contributed by atoms with Crippen molar-refractivity contribution in [2.24, 2.45) is 0 Å². The van der Waals surface area contributed by atoms with Gasteiger partial charge in [0.1, 0.15) is 0 Å². The third-order valence-corrected chi connectivity index (χ3v) is 14.2. The van der Waals surface area contributed by atoms with Crippen molar-refractivity contribution in [2.45, 2.75) is 0 Å². The van der Waals surface area contributed by atoms with Gasteiger partial charge in [-0.05, 0) is 119 Å². The maximum Gasteiger partial charge on any atom is 0.0540 e. The molecule has 0 unspecified atom stereocenters. The van der Waals surface area contributed by atoms with Crippen molar-refractivity contribution in [2.75, 3.05) is 4.90 Å². The molecule has 1 heterocycles. The lowest BCUT2D eigenvalue weighted by Gasteiger charge is -2.28. The van der Waals surface area contributed by atoms with Gasteiger partial charge in [0.15, 0.2) is 0 Å². The van der Waals surface area contributed by atoms with E-state index < -0.39 is 0 Å². The molecule has 0 aliphatic heterocycles. The molecule has 0 saturated carbocycles. The van der Waals surface area contributed by atoms with Gasteiger partial charge in [-0.2, -0.15) is 0 Å². The highest BCUT2D eigenvalue weighted by atomic mass is 32.1. The number of hydrogen-bond donors (Lipinski definition) is 0. The standard InChI is InChI=1S/C60H37NS/c1-2-17-41-37-54-53(36-40(41)16-1)58(49-23-7-8-24-50(49)59(54)52-26-13-25-51-48-22-9-10-29-57(48)62-60(51)52)44-31-30-43-35-45(33-32-42(43)34-44)61(55-27-11-18-38-14-3-5-20-46(38)55)56-28-12-19-39-15-4-6-21-47(39)56/h1-37H. The number of benzene rings is 12. The van der Waals surface area contributed by atoms with E-state index in [1.165, 1.54) is 107 Å². The summed E-state index contributed by atoms with van der Waals surface area (Å²) in [5, 5.41) is 17.5. The summed E-state index contributed by atoms with van der Waals surface area (Å²) in [6.07, 6.45) is 0. The third-order valence-electron chi connectivity index (χ3n) is 12.9. The highest BCUT2D eigenvalue weighted by Crippen LogP contribution is 2.49. The second-order valence-corrected chi connectivity index (χ2v) is 17.5. The molecule has 0 fully saturated rings. The molecule has 1 aromatic heterocycles. The van der Waals surface area contributed by atoms with Crippen molar-refractivity contribution in [3.8, 4) is 22.3 Å². The van der Waals surface area contributed by atoms with Crippen LogP contribution in [-0.4, -0.2) is 0 Å². The molecule has 0 amide bonds. The molecule has 13 aromatic rings. The molecule has 0 radical (unpaired) electrons. The quantitative estimate of drug-likeness (QED) is 0.157. The Morgan fingerprint density at radius 2 is 0.774 bits per heavy atom. The van der Waals surface area contributed by atoms with E-state index in [4.69, 9.17) is 0 Å². The van der Waals surface area contributed by atoms with Crippen LogP contribution in [0.5, 0.6) is 0 Å². The number of nitrogens with zero attached hydrogens (tertiary/aromatic N) is 1. The Morgan fingerprint density at radius 3 is 1.47 bits per heavy atom. The fraction of sp³-hybridized carbons (Fsp3) is 0. The van der Waals surface area contributed by atoms with E-state index in [0.29, 0.717) is 0 Å². The fourth-order valence-electron chi connectivity index (χ4n) is 10.2. The van der Waals surface area contributed by atoms with Gasteiger partial charge in [0.2, 0.25) is 0 Å². The SMILES string of the molecule is c1ccc2cc3c(-c4cccc5c4sc4ccccc45)c4ccccc4c(-c4ccc5cc(N(c6cccc7ccccc67)c6cccc7ccccc67)ccc5c4)c3cc2c1. The minimum Gasteiger partial charge on any atom is -0.309 e. The van der Waals surface area contributed by atoms with Crippen LogP contribution in [0.2, 0.25) is 0 Å². The average molecular weight is 804 g/mol. The van der Waals surface area contributed by atoms with Crippen LogP contribution in [0.25, 0.3) is 107 Å². The fourth-order valence-corrected chi connectivity index (χ4v) is 11.4. The zero-order valence-corrected chi connectivity index (χ0v) is 34.5. The summed E-state index contributed by atoms with van der Waals surface area (Å²) in [5.74, 6) is 0. The summed E-state index contributed by atoms with van der Waals surface area (Å²) in [6.45, 7) is 0. The van der Waals surface area contributed by atoms with Gasteiger partial charge in [0.25, 0.3) is 0 Å². The smallest absolute Gasteiger partial charge is 0.0540 e. The molecule has 0 aliphatic rings. The molecule has 0 spiro atoms. The monoisotopic (exact) mass is 803 g/mol. The molecule has 0 aliphatic carbocycles. The summed E-state index contributed by atoms with van der Waals surface area (Å²) in [7, 11) is 0. The first kappa shape index (κ1) is 35.0. The molecule has 13 rings (SSSR count). The van der Waals surface area contributed by atoms with Crippen LogP contribution >= 0.6 is 11.3 Å². The van der Waals surface area contributed by atoms with Crippen LogP contribution in [0, 0.1) is 0 Å². The van der Waals surface area contributed by atoms with Crippen LogP contribution < -0.4 is 4.90 Å². The van der Waals surface area contributed by atoms with Crippen LogP contribution in [0.15, 0.2) is 224 Å². The topological polar surface area (TPSA) is 3.24 Å². The van der Waals surface area contributed by atoms with Crippen LogP contribution in [0.3, 0.4) is 0 Å². The largest absolute Gasteiger partial charge is 0.309 e. The summed E-state index contributed by atoms with van der Waals surface area (Å²) >= 11 is 1.90. The molecule has 0 bridgehead atoms. The van der Waals surface area contributed by atoms with E-state index in [1.54, 1.807) is 0 Å². The van der Waals surface area contributed by atoms with Crippen LogP contribution in [0.4, 0.5) is 17.1 Å². The molecule has 0 N–H and O–H groups in total. The van der Waals surface area contributed by atoms with Crippen molar-refractivity contribution in [3.05, 3.63) is 224 Å². The molecule has 1 nitrogen and oxygen atoms in total. The third kappa shape index (κ3) is 5.40. The predicted molar refractivity (Wildman–Crippen MR) is 270 cm³/mol. The molecular formula is C60H37NS. The Kier molecular flexibility index (Phi) is 7.85. The van der Waals surface area contributed by atoms with Gasteiger partial charge in [-0.15, -0.1) is 11.3 Å². The van der Waals surface area contributed by atoms with E-state index in [-0.39, 0.29) is 0 Å². The van der Waals surface area contributed by atoms with E-state index >= 15 is 0 Å². The maximum atomic E-state index is 2.44. The van der Waals surface area contributed by atoms with Crippen LogP contribution in [-0.2, 0) is 0 Å². The lowest BCUT2D eigenvalue weighted by molar-refractivity contribution is 1.32. The molecule has 62 heavy (non-hydrogen) atoms. The van der Waals surface area contributed by atoms with E-state index in [9.17, 15) is 0 Å². The molecule has 2 heteroatoms. The first-order chi connectivity index (χ1) is 30.7. The summed E-state index contributed by atoms with van der Waals surface area (Å²) in [4.78, 5) is 2.44. The molecule has 0 saturated heterocycles. The highest BCUT2D eigenvalue weighted by Gasteiger charge is 2.22. The normalized spacial score (nSPS) is 11.9. The van der Waals surface area contributed by atoms with Crippen molar-refractivity contribution in [1.82, 2.24) is 0 Å². The van der Waals surface area contributed by atoms with Crippen LogP contribution in [0.1, 0.15) is 0 Å². The Hall–Kier alpha value is -7.78. The zero-order chi connectivity index (χ0) is 40.7. The van der Waals surface area contributed by atoms with Crippen molar-refractivity contribution in [1.29, 1.82) is 0 Å². The lowest BCUT2D eigenvalue weighted by atomic mass is 9.84. The predicted octanol–water partition coefficient (Wildman–Crippen LogP) is 17.8. The number of thiophene rings is 1. The Balaban J connectivity index is 1.04. The van der Waals surface area contributed by atoms with Gasteiger partial charge < -0.3 is 4.90 Å². The Labute approximate surface area is 363 Å². The molecule has 0 atom stereocenters. The maximum absolute atomic E-state index is 2.44. The second-order valence-electron chi connectivity index (χ2n) is 16.4. The van der Waals surface area contributed by atoms with E-state index in [0.717, 1.165) is 17.1 Å². The second kappa shape index (κ2) is 13.9. The lowest BCUT2D eigenvalue weighted by Crippen LogP contribution is -2.11. The molecule has 288 valence electrons.